The van der Waals surface area contributed by atoms with Crippen molar-refractivity contribution in [3.63, 3.8) is 0 Å². The predicted octanol–water partition coefficient (Wildman–Crippen LogP) is -0.282. The van der Waals surface area contributed by atoms with Crippen LogP contribution in [0, 0.1) is 10.1 Å². The Hall–Kier alpha value is -2.52. The molecule has 1 atom stereocenters. The highest BCUT2D eigenvalue weighted by atomic mass is 16.6. The molecule has 0 saturated carbocycles. The molecule has 1 aromatic rings. The van der Waals surface area contributed by atoms with Gasteiger partial charge in [0, 0.05) is 31.3 Å². The molecular formula is C12H14N2O7. The van der Waals surface area contributed by atoms with Crippen molar-refractivity contribution in [2.75, 3.05) is 20.2 Å². The van der Waals surface area contributed by atoms with Gasteiger partial charge in [-0.1, -0.05) is 0 Å². The number of non-ortho nitro benzene ring substituents is 1. The maximum atomic E-state index is 12.1. The second-order valence-corrected chi connectivity index (χ2v) is 4.35. The number of aliphatic hydroxyl groups is 2. The van der Waals surface area contributed by atoms with Gasteiger partial charge in [0.15, 0.2) is 0 Å². The summed E-state index contributed by atoms with van der Waals surface area (Å²) in [5.74, 6) is -2.10. The van der Waals surface area contributed by atoms with Gasteiger partial charge in [-0.25, -0.2) is 4.79 Å². The summed E-state index contributed by atoms with van der Waals surface area (Å²) in [6.45, 7) is -0.743. The number of rotatable bonds is 6. The van der Waals surface area contributed by atoms with Crippen LogP contribution in [0.5, 0.6) is 0 Å². The van der Waals surface area contributed by atoms with Crippen molar-refractivity contribution in [3.05, 3.63) is 39.4 Å². The summed E-state index contributed by atoms with van der Waals surface area (Å²) >= 11 is 0. The third-order valence-electron chi connectivity index (χ3n) is 2.66. The zero-order valence-electron chi connectivity index (χ0n) is 11.1. The van der Waals surface area contributed by atoms with Gasteiger partial charge in [-0.15, -0.1) is 0 Å². The van der Waals surface area contributed by atoms with E-state index < -0.39 is 35.2 Å². The van der Waals surface area contributed by atoms with E-state index in [0.717, 1.165) is 23.1 Å². The van der Waals surface area contributed by atoms with Gasteiger partial charge in [-0.05, 0) is 6.07 Å². The monoisotopic (exact) mass is 298 g/mol. The number of hydrogen-bond acceptors (Lipinski definition) is 6. The Bertz CT molecular complexity index is 540. The molecule has 1 amide bonds. The van der Waals surface area contributed by atoms with Crippen LogP contribution in [0.1, 0.15) is 20.7 Å². The van der Waals surface area contributed by atoms with Crippen molar-refractivity contribution in [1.29, 1.82) is 0 Å². The number of nitro benzene ring substituents is 1. The minimum atomic E-state index is -1.40. The van der Waals surface area contributed by atoms with E-state index >= 15 is 0 Å². The number of aromatic carboxylic acids is 1. The minimum Gasteiger partial charge on any atom is -0.478 e. The average molecular weight is 298 g/mol. The van der Waals surface area contributed by atoms with E-state index in [4.69, 9.17) is 10.2 Å². The lowest BCUT2D eigenvalue weighted by Gasteiger charge is -2.19. The predicted molar refractivity (Wildman–Crippen MR) is 70.1 cm³/mol. The molecule has 0 spiro atoms. The van der Waals surface area contributed by atoms with Gasteiger partial charge in [0.1, 0.15) is 0 Å². The van der Waals surface area contributed by atoms with E-state index in [2.05, 4.69) is 0 Å². The van der Waals surface area contributed by atoms with Crippen LogP contribution >= 0.6 is 0 Å². The summed E-state index contributed by atoms with van der Waals surface area (Å²) in [7, 11) is 1.32. The third-order valence-corrected chi connectivity index (χ3v) is 2.66. The normalized spacial score (nSPS) is 11.8. The first-order valence-electron chi connectivity index (χ1n) is 5.83. The van der Waals surface area contributed by atoms with E-state index in [9.17, 15) is 24.8 Å². The van der Waals surface area contributed by atoms with Crippen LogP contribution in [0.15, 0.2) is 18.2 Å². The summed E-state index contributed by atoms with van der Waals surface area (Å²) in [6, 6.07) is 2.82. The van der Waals surface area contributed by atoms with Crippen LogP contribution in [-0.2, 0) is 0 Å². The van der Waals surface area contributed by atoms with Gasteiger partial charge >= 0.3 is 5.97 Å². The lowest BCUT2D eigenvalue weighted by atomic mass is 10.1. The minimum absolute atomic E-state index is 0.186. The van der Waals surface area contributed by atoms with Crippen molar-refractivity contribution in [2.24, 2.45) is 0 Å². The topological polar surface area (TPSA) is 141 Å². The maximum Gasteiger partial charge on any atom is 0.335 e. The standard InChI is InChI=1S/C12H14N2O7/c1-13(5-10(16)6-15)11(17)7-2-8(12(18)19)4-9(3-7)14(20)21/h2-4,10,15-16H,5-6H2,1H3,(H,18,19). The van der Waals surface area contributed by atoms with Crippen LogP contribution < -0.4 is 0 Å². The highest BCUT2D eigenvalue weighted by molar-refractivity contribution is 5.98. The number of aliphatic hydroxyl groups excluding tert-OH is 2. The van der Waals surface area contributed by atoms with E-state index in [1.807, 2.05) is 0 Å². The molecule has 0 radical (unpaired) electrons. The van der Waals surface area contributed by atoms with E-state index in [1.165, 1.54) is 7.05 Å². The molecule has 9 nitrogen and oxygen atoms in total. The highest BCUT2D eigenvalue weighted by Gasteiger charge is 2.20. The van der Waals surface area contributed by atoms with Crippen LogP contribution in [0.4, 0.5) is 5.69 Å². The van der Waals surface area contributed by atoms with Crippen LogP contribution in [0.25, 0.3) is 0 Å². The fourth-order valence-electron chi connectivity index (χ4n) is 1.64. The van der Waals surface area contributed by atoms with E-state index in [1.54, 1.807) is 0 Å². The third kappa shape index (κ3) is 4.23. The van der Waals surface area contributed by atoms with Gasteiger partial charge in [0.2, 0.25) is 0 Å². The second kappa shape index (κ2) is 6.77. The summed E-state index contributed by atoms with van der Waals surface area (Å²) in [6.07, 6.45) is -1.16. The summed E-state index contributed by atoms with van der Waals surface area (Å²) in [4.78, 5) is 34.0. The number of nitrogens with zero attached hydrogens (tertiary/aromatic N) is 2. The smallest absolute Gasteiger partial charge is 0.335 e. The number of carboxylic acid groups (broad SMARTS) is 1. The number of hydrogen-bond donors (Lipinski definition) is 3. The number of likely N-dealkylation sites (N-methyl/N-ethyl adjacent to an activating group) is 1. The fraction of sp³-hybridized carbons (Fsp3) is 0.333. The van der Waals surface area contributed by atoms with E-state index in [-0.39, 0.29) is 17.7 Å². The molecular weight excluding hydrogens is 284 g/mol. The molecule has 3 N–H and O–H groups in total. The van der Waals surface area contributed by atoms with Crippen molar-refractivity contribution < 1.29 is 29.8 Å². The van der Waals surface area contributed by atoms with Crippen LogP contribution in [0.2, 0.25) is 0 Å². The van der Waals surface area contributed by atoms with Crippen LogP contribution in [0.3, 0.4) is 0 Å². The summed E-state index contributed by atoms with van der Waals surface area (Å²) < 4.78 is 0. The Balaban J connectivity index is 3.13. The first kappa shape index (κ1) is 16.5. The molecule has 114 valence electrons. The number of nitro groups is 1. The van der Waals surface area contributed by atoms with Crippen molar-refractivity contribution in [2.45, 2.75) is 6.10 Å². The molecule has 0 aliphatic heterocycles. The number of benzene rings is 1. The zero-order valence-corrected chi connectivity index (χ0v) is 11.1. The number of carboxylic acids is 1. The Kier molecular flexibility index (Phi) is 5.33. The Morgan fingerprint density at radius 2 is 1.90 bits per heavy atom. The molecule has 0 fully saturated rings. The molecule has 9 heteroatoms. The molecule has 0 aliphatic carbocycles. The van der Waals surface area contributed by atoms with E-state index in [0.29, 0.717) is 0 Å². The quantitative estimate of drug-likeness (QED) is 0.484. The van der Waals surface area contributed by atoms with Crippen LogP contribution in [-0.4, -0.2) is 63.3 Å². The Morgan fingerprint density at radius 1 is 1.33 bits per heavy atom. The SMILES string of the molecule is CN(CC(O)CO)C(=O)c1cc(C(=O)O)cc([N+](=O)[O-])c1. The molecule has 1 unspecified atom stereocenters. The lowest BCUT2D eigenvalue weighted by Crippen LogP contribution is -2.36. The number of carbonyl (C=O) groups excluding carboxylic acids is 1. The molecule has 0 aliphatic rings. The van der Waals surface area contributed by atoms with Crippen molar-refractivity contribution >= 4 is 17.6 Å². The van der Waals surface area contributed by atoms with Gasteiger partial charge in [0.25, 0.3) is 11.6 Å². The molecule has 0 aromatic heterocycles. The van der Waals surface area contributed by atoms with Crippen molar-refractivity contribution in [3.8, 4) is 0 Å². The Labute approximate surface area is 119 Å². The first-order valence-corrected chi connectivity index (χ1v) is 5.83. The van der Waals surface area contributed by atoms with Gasteiger partial charge < -0.3 is 20.2 Å². The fourth-order valence-corrected chi connectivity index (χ4v) is 1.64. The number of carbonyl (C=O) groups is 2. The zero-order chi connectivity index (χ0) is 16.2. The summed E-state index contributed by atoms with van der Waals surface area (Å²) in [5, 5.41) is 37.6. The van der Waals surface area contributed by atoms with Gasteiger partial charge in [-0.2, -0.15) is 0 Å². The molecule has 21 heavy (non-hydrogen) atoms. The molecule has 0 saturated heterocycles. The summed E-state index contributed by atoms with van der Waals surface area (Å²) in [5.41, 5.74) is -1.09. The average Bonchev–Trinajstić information content (AvgIpc) is 2.45. The lowest BCUT2D eigenvalue weighted by molar-refractivity contribution is -0.384. The molecule has 1 rings (SSSR count). The van der Waals surface area contributed by atoms with Gasteiger partial charge in [0.05, 0.1) is 23.2 Å². The Morgan fingerprint density at radius 3 is 2.38 bits per heavy atom. The molecule has 1 aromatic carbocycles. The maximum absolute atomic E-state index is 12.1. The largest absolute Gasteiger partial charge is 0.478 e. The highest BCUT2D eigenvalue weighted by Crippen LogP contribution is 2.18. The molecule has 0 heterocycles. The van der Waals surface area contributed by atoms with Crippen molar-refractivity contribution in [1.82, 2.24) is 4.90 Å². The first-order chi connectivity index (χ1) is 9.76. The second-order valence-electron chi connectivity index (χ2n) is 4.35. The molecule has 0 bridgehead atoms. The van der Waals surface area contributed by atoms with Gasteiger partial charge in [-0.3, -0.25) is 14.9 Å². The number of amides is 1.